The third-order valence-corrected chi connectivity index (χ3v) is 3.76. The van der Waals surface area contributed by atoms with Crippen LogP contribution in [0.2, 0.25) is 5.02 Å². The van der Waals surface area contributed by atoms with Crippen molar-refractivity contribution in [2.45, 2.75) is 19.6 Å². The molecule has 124 valence electrons. The van der Waals surface area contributed by atoms with Crippen molar-refractivity contribution in [3.8, 4) is 17.0 Å². The molecule has 0 aliphatic carbocycles. The summed E-state index contributed by atoms with van der Waals surface area (Å²) < 4.78 is 31.5. The number of hydrogen-bond donors (Lipinski definition) is 0. The molecule has 0 aliphatic rings. The Bertz CT molecular complexity index is 827. The van der Waals surface area contributed by atoms with Gasteiger partial charge in [-0.2, -0.15) is 13.9 Å². The van der Waals surface area contributed by atoms with Gasteiger partial charge in [0.05, 0.1) is 6.04 Å². The third kappa shape index (κ3) is 3.51. The van der Waals surface area contributed by atoms with Crippen LogP contribution in [-0.2, 0) is 0 Å². The van der Waals surface area contributed by atoms with Gasteiger partial charge >= 0.3 is 6.61 Å². The molecule has 0 spiro atoms. The quantitative estimate of drug-likeness (QED) is 0.692. The summed E-state index contributed by atoms with van der Waals surface area (Å²) in [7, 11) is 0. The first-order chi connectivity index (χ1) is 11.5. The second-order valence-electron chi connectivity index (χ2n) is 5.06. The molecule has 5 nitrogen and oxygen atoms in total. The molecule has 0 bridgehead atoms. The van der Waals surface area contributed by atoms with Gasteiger partial charge in [0.1, 0.15) is 12.7 Å². The van der Waals surface area contributed by atoms with Crippen LogP contribution >= 0.6 is 11.6 Å². The minimum Gasteiger partial charge on any atom is -0.416 e. The highest BCUT2D eigenvalue weighted by Gasteiger charge is 2.17. The summed E-state index contributed by atoms with van der Waals surface area (Å²) in [6, 6.07) is 8.43. The number of pyridine rings is 1. The Kier molecular flexibility index (Phi) is 4.71. The zero-order valence-corrected chi connectivity index (χ0v) is 13.4. The van der Waals surface area contributed by atoms with E-state index in [1.165, 1.54) is 12.5 Å². The van der Waals surface area contributed by atoms with E-state index in [1.807, 2.05) is 6.92 Å². The molecule has 0 saturated heterocycles. The highest BCUT2D eigenvalue weighted by molar-refractivity contribution is 6.30. The Morgan fingerprint density at radius 3 is 2.75 bits per heavy atom. The average Bonchev–Trinajstić information content (AvgIpc) is 3.08. The predicted octanol–water partition coefficient (Wildman–Crippen LogP) is 4.20. The fraction of sp³-hybridized carbons (Fsp3) is 0.188. The number of aromatic nitrogens is 4. The van der Waals surface area contributed by atoms with Crippen LogP contribution in [0.25, 0.3) is 11.1 Å². The maximum absolute atomic E-state index is 12.7. The number of alkyl halides is 2. The fourth-order valence-electron chi connectivity index (χ4n) is 2.31. The second-order valence-corrected chi connectivity index (χ2v) is 5.50. The molecule has 1 atom stereocenters. The first-order valence-corrected chi connectivity index (χ1v) is 7.47. The lowest BCUT2D eigenvalue weighted by Gasteiger charge is -2.16. The topological polar surface area (TPSA) is 52.8 Å². The first-order valence-electron chi connectivity index (χ1n) is 7.09. The predicted molar refractivity (Wildman–Crippen MR) is 85.2 cm³/mol. The summed E-state index contributed by atoms with van der Waals surface area (Å²) in [5.41, 5.74) is 1.85. The van der Waals surface area contributed by atoms with Crippen LogP contribution in [0.4, 0.5) is 8.78 Å². The van der Waals surface area contributed by atoms with Crippen molar-refractivity contribution in [1.29, 1.82) is 0 Å². The summed E-state index contributed by atoms with van der Waals surface area (Å²) in [6.45, 7) is -1.06. The van der Waals surface area contributed by atoms with E-state index in [1.54, 1.807) is 41.3 Å². The molecular formula is C16H13ClF2N4O. The number of rotatable bonds is 5. The van der Waals surface area contributed by atoms with E-state index in [2.05, 4.69) is 19.8 Å². The Balaban J connectivity index is 2.07. The molecule has 0 amide bonds. The van der Waals surface area contributed by atoms with Gasteiger partial charge in [0.25, 0.3) is 0 Å². The van der Waals surface area contributed by atoms with Crippen LogP contribution in [0.3, 0.4) is 0 Å². The molecule has 0 N–H and O–H groups in total. The largest absolute Gasteiger partial charge is 0.416 e. The van der Waals surface area contributed by atoms with E-state index in [-0.39, 0.29) is 11.9 Å². The van der Waals surface area contributed by atoms with E-state index in [9.17, 15) is 8.78 Å². The number of hydrogen-bond acceptors (Lipinski definition) is 4. The standard InChI is InChI=1S/C16H13ClF2N4O/c1-10(23-9-20-8-22-23)12-6-14(11-3-2-4-13(17)5-11)15(21-7-12)24-16(18)19/h2-10,16H,1H3. The van der Waals surface area contributed by atoms with E-state index in [0.29, 0.717) is 16.1 Å². The summed E-state index contributed by atoms with van der Waals surface area (Å²) in [5, 5.41) is 4.58. The van der Waals surface area contributed by atoms with Gasteiger partial charge in [-0.25, -0.2) is 14.6 Å². The molecule has 0 saturated carbocycles. The van der Waals surface area contributed by atoms with Crippen LogP contribution in [0.1, 0.15) is 18.5 Å². The van der Waals surface area contributed by atoms with Gasteiger partial charge in [0.15, 0.2) is 0 Å². The smallest absolute Gasteiger partial charge is 0.388 e. The van der Waals surface area contributed by atoms with Gasteiger partial charge in [-0.15, -0.1) is 0 Å². The molecule has 3 rings (SSSR count). The van der Waals surface area contributed by atoms with Crippen molar-refractivity contribution < 1.29 is 13.5 Å². The van der Waals surface area contributed by atoms with Crippen LogP contribution in [-0.4, -0.2) is 26.4 Å². The molecule has 0 fully saturated rings. The number of nitrogens with zero attached hydrogens (tertiary/aromatic N) is 4. The Labute approximate surface area is 141 Å². The fourth-order valence-corrected chi connectivity index (χ4v) is 2.50. The molecule has 0 aliphatic heterocycles. The molecule has 1 aromatic carbocycles. The highest BCUT2D eigenvalue weighted by Crippen LogP contribution is 2.33. The van der Waals surface area contributed by atoms with Crippen molar-refractivity contribution in [3.05, 3.63) is 59.8 Å². The van der Waals surface area contributed by atoms with Crippen LogP contribution in [0, 0.1) is 0 Å². The van der Waals surface area contributed by atoms with Crippen LogP contribution in [0.15, 0.2) is 49.2 Å². The van der Waals surface area contributed by atoms with E-state index in [0.717, 1.165) is 5.56 Å². The monoisotopic (exact) mass is 350 g/mol. The Morgan fingerprint density at radius 2 is 2.08 bits per heavy atom. The van der Waals surface area contributed by atoms with Crippen molar-refractivity contribution >= 4 is 11.6 Å². The third-order valence-electron chi connectivity index (χ3n) is 3.52. The van der Waals surface area contributed by atoms with Crippen molar-refractivity contribution in [2.75, 3.05) is 0 Å². The van der Waals surface area contributed by atoms with Gasteiger partial charge < -0.3 is 4.74 Å². The van der Waals surface area contributed by atoms with Crippen molar-refractivity contribution in [3.63, 3.8) is 0 Å². The molecule has 8 heteroatoms. The van der Waals surface area contributed by atoms with Gasteiger partial charge in [-0.1, -0.05) is 23.7 Å². The SMILES string of the molecule is CC(c1cnc(OC(F)F)c(-c2cccc(Cl)c2)c1)n1cncn1. The summed E-state index contributed by atoms with van der Waals surface area (Å²) >= 11 is 6.00. The highest BCUT2D eigenvalue weighted by atomic mass is 35.5. The number of ether oxygens (including phenoxy) is 1. The summed E-state index contributed by atoms with van der Waals surface area (Å²) in [4.78, 5) is 7.96. The zero-order chi connectivity index (χ0) is 17.1. The van der Waals surface area contributed by atoms with E-state index in [4.69, 9.17) is 11.6 Å². The van der Waals surface area contributed by atoms with Gasteiger partial charge in [0, 0.05) is 16.8 Å². The number of halogens is 3. The van der Waals surface area contributed by atoms with Crippen molar-refractivity contribution in [2.24, 2.45) is 0 Å². The lowest BCUT2D eigenvalue weighted by molar-refractivity contribution is -0.0524. The zero-order valence-electron chi connectivity index (χ0n) is 12.6. The molecule has 0 radical (unpaired) electrons. The Hall–Kier alpha value is -2.54. The lowest BCUT2D eigenvalue weighted by Crippen LogP contribution is -2.10. The molecule has 2 aromatic heterocycles. The summed E-state index contributed by atoms with van der Waals surface area (Å²) in [5.74, 6) is -0.151. The minimum absolute atomic E-state index is 0.151. The van der Waals surface area contributed by atoms with Crippen molar-refractivity contribution in [1.82, 2.24) is 19.7 Å². The minimum atomic E-state index is -2.96. The van der Waals surface area contributed by atoms with Gasteiger partial charge in [-0.05, 0) is 36.2 Å². The molecule has 3 aromatic rings. The number of benzene rings is 1. The summed E-state index contributed by atoms with van der Waals surface area (Å²) in [6.07, 6.45) is 4.49. The molecule has 1 unspecified atom stereocenters. The van der Waals surface area contributed by atoms with E-state index >= 15 is 0 Å². The maximum Gasteiger partial charge on any atom is 0.388 e. The Morgan fingerprint density at radius 1 is 1.25 bits per heavy atom. The van der Waals surface area contributed by atoms with Gasteiger partial charge in [-0.3, -0.25) is 0 Å². The van der Waals surface area contributed by atoms with E-state index < -0.39 is 6.61 Å². The maximum atomic E-state index is 12.7. The van der Waals surface area contributed by atoms with Gasteiger partial charge in [0.2, 0.25) is 5.88 Å². The first kappa shape index (κ1) is 16.3. The van der Waals surface area contributed by atoms with Crippen LogP contribution < -0.4 is 4.74 Å². The molecular weight excluding hydrogens is 338 g/mol. The normalized spacial score (nSPS) is 12.4. The second kappa shape index (κ2) is 6.92. The average molecular weight is 351 g/mol. The molecule has 24 heavy (non-hydrogen) atoms. The lowest BCUT2D eigenvalue weighted by atomic mass is 10.0. The van der Waals surface area contributed by atoms with Crippen LogP contribution in [0.5, 0.6) is 5.88 Å². The molecule has 2 heterocycles.